The van der Waals surface area contributed by atoms with Crippen molar-refractivity contribution in [3.05, 3.63) is 155 Å². The van der Waals surface area contributed by atoms with E-state index in [9.17, 15) is 19.5 Å². The van der Waals surface area contributed by atoms with Crippen LogP contribution in [-0.2, 0) is 48.4 Å². The van der Waals surface area contributed by atoms with Gasteiger partial charge in [-0.05, 0) is 88.5 Å². The van der Waals surface area contributed by atoms with Gasteiger partial charge in [0.25, 0.3) is 0 Å². The Bertz CT molecular complexity index is 2940. The third-order valence-electron chi connectivity index (χ3n) is 10.7. The average molecular weight is 906 g/mol. The first kappa shape index (κ1) is 44.8. The second-order valence-electron chi connectivity index (χ2n) is 15.3. The minimum atomic E-state index is -1.15. The third kappa shape index (κ3) is 10.6. The Hall–Kier alpha value is -7.79. The zero-order valence-corrected chi connectivity index (χ0v) is 37.4. The number of benzene rings is 5. The van der Waals surface area contributed by atoms with Gasteiger partial charge in [-0.25, -0.2) is 24.7 Å². The molecular formula is C49H47N9O7S. The molecule has 0 atom stereocenters. The van der Waals surface area contributed by atoms with Crippen LogP contribution in [0.15, 0.2) is 126 Å². The fourth-order valence-electron chi connectivity index (χ4n) is 7.51. The molecule has 0 aliphatic heterocycles. The minimum absolute atomic E-state index is 0.0334. The summed E-state index contributed by atoms with van der Waals surface area (Å²) in [7, 11) is 1.94. The van der Waals surface area contributed by atoms with E-state index in [1.54, 1.807) is 73.3 Å². The van der Waals surface area contributed by atoms with Crippen LogP contribution in [0.5, 0.6) is 11.5 Å². The summed E-state index contributed by atoms with van der Waals surface area (Å²) in [6, 6.07) is 37.9. The maximum atomic E-state index is 13.7. The molecule has 0 bridgehead atoms. The molecule has 0 aliphatic carbocycles. The van der Waals surface area contributed by atoms with E-state index in [1.807, 2.05) is 52.6 Å². The van der Waals surface area contributed by atoms with Crippen molar-refractivity contribution < 1.29 is 33.7 Å². The number of H-pyrrole nitrogens is 1. The number of carbonyl (C=O) groups is 3. The molecule has 3 heterocycles. The van der Waals surface area contributed by atoms with E-state index in [4.69, 9.17) is 24.2 Å². The third-order valence-corrected chi connectivity index (χ3v) is 11.7. The first-order valence-electron chi connectivity index (χ1n) is 21.4. The van der Waals surface area contributed by atoms with E-state index in [2.05, 4.69) is 57.9 Å². The maximum absolute atomic E-state index is 13.7. The van der Waals surface area contributed by atoms with E-state index < -0.39 is 24.6 Å². The lowest BCUT2D eigenvalue weighted by Crippen LogP contribution is -2.37. The number of aryl methyl sites for hydroxylation is 2. The molecular weight excluding hydrogens is 859 g/mol. The summed E-state index contributed by atoms with van der Waals surface area (Å²) in [5.41, 5.74) is 7.46. The van der Waals surface area contributed by atoms with Crippen LogP contribution in [0.1, 0.15) is 59.2 Å². The van der Waals surface area contributed by atoms with Crippen LogP contribution < -0.4 is 9.47 Å². The van der Waals surface area contributed by atoms with Gasteiger partial charge in [0.2, 0.25) is 0 Å². The van der Waals surface area contributed by atoms with Gasteiger partial charge in [0.05, 0.1) is 23.3 Å². The average Bonchev–Trinajstić information content (AvgIpc) is 4.07. The van der Waals surface area contributed by atoms with E-state index in [0.29, 0.717) is 58.8 Å². The van der Waals surface area contributed by atoms with Crippen LogP contribution in [0.25, 0.3) is 33.5 Å². The number of carboxylic acid groups (broad SMARTS) is 1. The highest BCUT2D eigenvalue weighted by molar-refractivity contribution is 7.98. The lowest BCUT2D eigenvalue weighted by Gasteiger charge is -2.20. The number of hydrogen-bond donors (Lipinski definition) is 2. The number of amides is 1. The molecule has 0 saturated heterocycles. The van der Waals surface area contributed by atoms with Crippen LogP contribution in [0.3, 0.4) is 0 Å². The zero-order valence-electron chi connectivity index (χ0n) is 36.6. The predicted octanol–water partition coefficient (Wildman–Crippen LogP) is 8.75. The number of aromatic nitrogens is 8. The van der Waals surface area contributed by atoms with Gasteiger partial charge in [0, 0.05) is 42.8 Å². The second-order valence-corrected chi connectivity index (χ2v) is 16.3. The first-order chi connectivity index (χ1) is 32.2. The van der Waals surface area contributed by atoms with Crippen LogP contribution in [-0.4, -0.2) is 80.9 Å². The Morgan fingerprint density at radius 3 is 2.27 bits per heavy atom. The minimum Gasteiger partial charge on any atom is -0.486 e. The number of rotatable bonds is 19. The second kappa shape index (κ2) is 20.8. The van der Waals surface area contributed by atoms with Crippen molar-refractivity contribution in [2.45, 2.75) is 57.0 Å². The monoisotopic (exact) mass is 905 g/mol. The van der Waals surface area contributed by atoms with Crippen molar-refractivity contribution in [2.24, 2.45) is 7.05 Å². The van der Waals surface area contributed by atoms with Crippen LogP contribution >= 0.6 is 11.8 Å². The summed E-state index contributed by atoms with van der Waals surface area (Å²) in [5, 5.41) is 23.9. The van der Waals surface area contributed by atoms with Crippen molar-refractivity contribution in [1.29, 1.82) is 0 Å². The standard InChI is InChI=1S/C49H47N9O7S/c1-4-11-43-51-41(46(48(61)63-5-2)58(43)28-33-16-20-34(21-17-33)38-14-9-10-15-39(38)47-52-54-55-53-47)31-66-37-24-25-40-42(26-37)56(3)44(50-40)30-64-35-22-18-32(19-23-35)27-57(29-45(59)60)49(62)65-36-12-7-6-8-13-36/h6-10,12-26H,4-5,11,27-31H2,1-3H3,(H,59,60)(H,52,53,54,55). The molecule has 0 spiro atoms. The first-order valence-corrected chi connectivity index (χ1v) is 22.4. The number of ether oxygens (including phenoxy) is 3. The van der Waals surface area contributed by atoms with Crippen molar-refractivity contribution in [1.82, 2.24) is 44.6 Å². The Morgan fingerprint density at radius 1 is 0.818 bits per heavy atom. The summed E-state index contributed by atoms with van der Waals surface area (Å²) in [6.45, 7) is 4.30. The Kier molecular flexibility index (Phi) is 14.1. The lowest BCUT2D eigenvalue weighted by atomic mass is 9.98. The summed E-state index contributed by atoms with van der Waals surface area (Å²) < 4.78 is 21.1. The van der Waals surface area contributed by atoms with Gasteiger partial charge in [-0.2, -0.15) is 0 Å². The molecule has 16 nitrogen and oxygen atoms in total. The number of aromatic amines is 1. The molecule has 5 aromatic carbocycles. The molecule has 0 radical (unpaired) electrons. The molecule has 0 fully saturated rings. The number of nitrogens with one attached hydrogen (secondary N) is 1. The molecule has 3 aromatic heterocycles. The van der Waals surface area contributed by atoms with Gasteiger partial charge in [0.1, 0.15) is 36.3 Å². The van der Waals surface area contributed by atoms with E-state index >= 15 is 0 Å². The molecule has 0 saturated carbocycles. The maximum Gasteiger partial charge on any atom is 0.416 e. The fourth-order valence-corrected chi connectivity index (χ4v) is 8.37. The van der Waals surface area contributed by atoms with Crippen LogP contribution in [0.2, 0.25) is 0 Å². The summed E-state index contributed by atoms with van der Waals surface area (Å²) >= 11 is 1.59. The molecule has 66 heavy (non-hydrogen) atoms. The Labute approximate surface area is 384 Å². The van der Waals surface area contributed by atoms with Gasteiger partial charge in [-0.15, -0.1) is 16.9 Å². The topological polar surface area (TPSA) is 192 Å². The number of thioether (sulfide) groups is 1. The summed E-state index contributed by atoms with van der Waals surface area (Å²) in [6.07, 6.45) is 0.788. The molecule has 0 unspecified atom stereocenters. The highest BCUT2D eigenvalue weighted by atomic mass is 32.2. The predicted molar refractivity (Wildman–Crippen MR) is 248 cm³/mol. The van der Waals surface area contributed by atoms with Crippen molar-refractivity contribution in [2.75, 3.05) is 13.2 Å². The van der Waals surface area contributed by atoms with Gasteiger partial charge < -0.3 is 28.5 Å². The van der Waals surface area contributed by atoms with Crippen LogP contribution in [0, 0.1) is 0 Å². The van der Waals surface area contributed by atoms with Crippen molar-refractivity contribution in [3.63, 3.8) is 0 Å². The van der Waals surface area contributed by atoms with Crippen molar-refractivity contribution in [3.8, 4) is 34.0 Å². The summed E-state index contributed by atoms with van der Waals surface area (Å²) in [4.78, 5) is 50.0. The van der Waals surface area contributed by atoms with Crippen molar-refractivity contribution >= 4 is 40.8 Å². The smallest absolute Gasteiger partial charge is 0.416 e. The number of para-hydroxylation sites is 1. The summed E-state index contributed by atoms with van der Waals surface area (Å²) in [5.74, 6) is 1.93. The number of carboxylic acids is 1. The number of tetrazole rings is 1. The number of hydrogen-bond acceptors (Lipinski definition) is 12. The van der Waals surface area contributed by atoms with E-state index in [0.717, 1.165) is 55.3 Å². The number of fused-ring (bicyclic) bond motifs is 1. The van der Waals surface area contributed by atoms with Crippen LogP contribution in [0.4, 0.5) is 4.79 Å². The molecule has 336 valence electrons. The number of nitrogens with zero attached hydrogens (tertiary/aromatic N) is 8. The van der Waals surface area contributed by atoms with Gasteiger partial charge in [-0.3, -0.25) is 9.69 Å². The molecule has 0 aliphatic rings. The van der Waals surface area contributed by atoms with Gasteiger partial charge in [-0.1, -0.05) is 85.8 Å². The normalized spacial score (nSPS) is 11.1. The quantitative estimate of drug-likeness (QED) is 0.0579. The zero-order chi connectivity index (χ0) is 46.0. The van der Waals surface area contributed by atoms with E-state index in [-0.39, 0.29) is 19.8 Å². The number of carbonyl (C=O) groups excluding carboxylic acids is 2. The molecule has 17 heteroatoms. The number of esters is 1. The van der Waals surface area contributed by atoms with Gasteiger partial charge >= 0.3 is 18.0 Å². The SMILES string of the molecule is CCCc1nc(CSc2ccc3nc(COc4ccc(CN(CC(=O)O)C(=O)Oc5ccccc5)cc4)n(C)c3c2)c(C(=O)OCC)n1Cc1ccc(-c2ccccc2-c2nnn[nH]2)cc1. The largest absolute Gasteiger partial charge is 0.486 e. The van der Waals surface area contributed by atoms with Gasteiger partial charge in [0.15, 0.2) is 11.5 Å². The molecule has 1 amide bonds. The molecule has 8 rings (SSSR count). The lowest BCUT2D eigenvalue weighted by molar-refractivity contribution is -0.138. The Balaban J connectivity index is 0.941. The number of imidazole rings is 2. The number of aliphatic carboxylic acids is 1. The fraction of sp³-hybridized carbons (Fsp3) is 0.224. The molecule has 8 aromatic rings. The Morgan fingerprint density at radius 2 is 1.56 bits per heavy atom. The molecule has 2 N–H and O–H groups in total. The highest BCUT2D eigenvalue weighted by Gasteiger charge is 2.25. The highest BCUT2D eigenvalue weighted by Crippen LogP contribution is 2.32. The van der Waals surface area contributed by atoms with E-state index in [1.165, 1.54) is 0 Å².